The summed E-state index contributed by atoms with van der Waals surface area (Å²) in [5.41, 5.74) is 2.45. The van der Waals surface area contributed by atoms with Crippen LogP contribution >= 0.6 is 0 Å². The maximum absolute atomic E-state index is 10.8. The van der Waals surface area contributed by atoms with Gasteiger partial charge in [-0.1, -0.05) is 20.8 Å². The van der Waals surface area contributed by atoms with E-state index < -0.39 is 5.03 Å². The highest BCUT2D eigenvalue weighted by atomic mass is 16.7. The van der Waals surface area contributed by atoms with Gasteiger partial charge in [0.15, 0.2) is 5.03 Å². The Bertz CT molecular complexity index is 402. The zero-order valence-corrected chi connectivity index (χ0v) is 9.61. The van der Waals surface area contributed by atoms with Gasteiger partial charge in [-0.15, -0.1) is 10.3 Å². The highest BCUT2D eigenvalue weighted by Gasteiger charge is 2.63. The van der Waals surface area contributed by atoms with Crippen LogP contribution in [0.3, 0.4) is 0 Å². The van der Waals surface area contributed by atoms with Crippen LogP contribution in [-0.2, 0) is 0 Å². The number of hydrogen-bond acceptors (Lipinski definition) is 4. The van der Waals surface area contributed by atoms with Crippen LogP contribution in [0.5, 0.6) is 0 Å². The molecule has 2 rings (SSSR count). The lowest BCUT2D eigenvalue weighted by atomic mass is 9.69. The molecule has 88 valence electrons. The van der Waals surface area contributed by atoms with Crippen molar-refractivity contribution in [2.24, 2.45) is 21.9 Å². The average molecular weight is 225 g/mol. The normalized spacial score (nSPS) is 35.3. The minimum absolute atomic E-state index is 0.0393. The molecule has 6 heteroatoms. The van der Waals surface area contributed by atoms with Gasteiger partial charge in [-0.25, -0.2) is 10.1 Å². The van der Waals surface area contributed by atoms with E-state index in [0.717, 1.165) is 12.8 Å². The first-order valence-electron chi connectivity index (χ1n) is 5.33. The quantitative estimate of drug-likeness (QED) is 0.453. The summed E-state index contributed by atoms with van der Waals surface area (Å²) in [5.74, 6) is 0.0393. The van der Waals surface area contributed by atoms with Gasteiger partial charge in [0.25, 0.3) is 0 Å². The second-order valence-electron chi connectivity index (χ2n) is 5.37. The van der Waals surface area contributed by atoms with E-state index >= 15 is 0 Å². The summed E-state index contributed by atoms with van der Waals surface area (Å²) in [5, 5.41) is 13.0. The summed E-state index contributed by atoms with van der Waals surface area (Å²) in [7, 11) is 0. The molecule has 0 aromatic carbocycles. The molecule has 16 heavy (non-hydrogen) atoms. The monoisotopic (exact) mass is 225 g/mol. The summed E-state index contributed by atoms with van der Waals surface area (Å²) in [6, 6.07) is 0. The lowest BCUT2D eigenvalue weighted by Gasteiger charge is -2.35. The Kier molecular flexibility index (Phi) is 2.09. The summed E-state index contributed by atoms with van der Waals surface area (Å²) < 4.78 is 0. The number of nitroso groups, excluding NO2 is 1. The molecule has 2 bridgehead atoms. The van der Waals surface area contributed by atoms with Crippen LogP contribution in [0.25, 0.3) is 0 Å². The topological polar surface area (TPSA) is 84.6 Å². The predicted molar refractivity (Wildman–Crippen MR) is 57.6 cm³/mol. The Labute approximate surface area is 93.2 Å². The van der Waals surface area contributed by atoms with Crippen molar-refractivity contribution in [2.75, 3.05) is 0 Å². The molecule has 6 nitrogen and oxygen atoms in total. The first-order chi connectivity index (χ1) is 7.34. The molecular weight excluding hydrogens is 210 g/mol. The summed E-state index contributed by atoms with van der Waals surface area (Å²) in [6.45, 7) is 6.06. The van der Waals surface area contributed by atoms with E-state index in [1.54, 1.807) is 0 Å². The first kappa shape index (κ1) is 11.0. The van der Waals surface area contributed by atoms with Crippen molar-refractivity contribution in [3.63, 3.8) is 0 Å². The largest absolute Gasteiger partial charge is 0.235 e. The van der Waals surface area contributed by atoms with E-state index in [9.17, 15) is 15.0 Å². The van der Waals surface area contributed by atoms with Crippen LogP contribution < -0.4 is 5.43 Å². The molecule has 2 aliphatic rings. The molecule has 1 saturated carbocycles. The fourth-order valence-corrected chi connectivity index (χ4v) is 3.26. The van der Waals surface area contributed by atoms with Gasteiger partial charge in [-0.3, -0.25) is 0 Å². The second kappa shape index (κ2) is 3.02. The van der Waals surface area contributed by atoms with Gasteiger partial charge >= 0.3 is 0 Å². The van der Waals surface area contributed by atoms with Crippen LogP contribution in [0.4, 0.5) is 0 Å². The van der Waals surface area contributed by atoms with Crippen molar-refractivity contribution >= 4 is 0 Å². The van der Waals surface area contributed by atoms with Crippen LogP contribution in [0, 0.1) is 31.8 Å². The van der Waals surface area contributed by atoms with Gasteiger partial charge in [-0.05, 0) is 23.4 Å². The minimum Gasteiger partial charge on any atom is -0.235 e. The van der Waals surface area contributed by atoms with E-state index in [1.807, 2.05) is 20.8 Å². The van der Waals surface area contributed by atoms with Crippen molar-refractivity contribution in [3.05, 3.63) is 26.4 Å². The van der Waals surface area contributed by atoms with Crippen LogP contribution in [-0.4, -0.2) is 5.03 Å². The average Bonchev–Trinajstić information content (AvgIpc) is 2.48. The lowest BCUT2D eigenvalue weighted by Crippen LogP contribution is -2.37. The van der Waals surface area contributed by atoms with E-state index in [4.69, 9.17) is 0 Å². The third kappa shape index (κ3) is 1.07. The zero-order chi connectivity index (χ0) is 12.1. The Morgan fingerprint density at radius 1 is 1.50 bits per heavy atom. The third-order valence-electron chi connectivity index (χ3n) is 4.67. The standard InChI is InChI=1S/C10H15N3O3/c1-9(2)6-4-5-10(9,3)8(7(6)12-14)11-13(15)16/h6,11H,4-5H2,1-3H3. The number of allylic oxidation sites excluding steroid dienone is 2. The number of hydrogen-bond donors (Lipinski definition) is 1. The van der Waals surface area contributed by atoms with E-state index in [0.29, 0.717) is 11.4 Å². The molecule has 0 saturated heterocycles. The van der Waals surface area contributed by atoms with Crippen molar-refractivity contribution in [1.29, 1.82) is 0 Å². The lowest BCUT2D eigenvalue weighted by molar-refractivity contribution is -0.537. The molecule has 0 radical (unpaired) electrons. The molecule has 2 unspecified atom stereocenters. The van der Waals surface area contributed by atoms with Gasteiger partial charge in [0.2, 0.25) is 0 Å². The summed E-state index contributed by atoms with van der Waals surface area (Å²) in [6.07, 6.45) is 1.74. The fraction of sp³-hybridized carbons (Fsp3) is 0.800. The number of nitro groups is 1. The Balaban J connectivity index is 2.51. The summed E-state index contributed by atoms with van der Waals surface area (Å²) >= 11 is 0. The van der Waals surface area contributed by atoms with Gasteiger partial charge in [0.1, 0.15) is 11.4 Å². The van der Waals surface area contributed by atoms with Crippen LogP contribution in [0.15, 0.2) is 16.6 Å². The fourth-order valence-electron chi connectivity index (χ4n) is 3.26. The van der Waals surface area contributed by atoms with Gasteiger partial charge in [0, 0.05) is 11.3 Å². The van der Waals surface area contributed by atoms with E-state index in [1.165, 1.54) is 0 Å². The highest BCUT2D eigenvalue weighted by molar-refractivity contribution is 5.36. The van der Waals surface area contributed by atoms with Crippen molar-refractivity contribution < 1.29 is 5.03 Å². The van der Waals surface area contributed by atoms with E-state index in [-0.39, 0.29) is 16.7 Å². The van der Waals surface area contributed by atoms with Gasteiger partial charge in [-0.2, -0.15) is 0 Å². The van der Waals surface area contributed by atoms with Crippen molar-refractivity contribution in [3.8, 4) is 0 Å². The number of nitrogens with zero attached hydrogens (tertiary/aromatic N) is 2. The minimum atomic E-state index is -0.609. The molecule has 0 aromatic rings. The number of hydrazine groups is 1. The first-order valence-corrected chi connectivity index (χ1v) is 5.33. The number of rotatable bonds is 3. The predicted octanol–water partition coefficient (Wildman–Crippen LogP) is 2.20. The van der Waals surface area contributed by atoms with Crippen LogP contribution in [0.2, 0.25) is 0 Å². The molecule has 2 atom stereocenters. The molecule has 0 heterocycles. The highest BCUT2D eigenvalue weighted by Crippen LogP contribution is 2.67. The SMILES string of the molecule is CC12CCC(C(N=O)=C1N[N+](=O)[O-])C2(C)C. The molecule has 1 N–H and O–H groups in total. The maximum Gasteiger partial charge on any atom is 0.162 e. The molecule has 0 spiro atoms. The molecule has 0 amide bonds. The van der Waals surface area contributed by atoms with Gasteiger partial charge < -0.3 is 0 Å². The second-order valence-corrected chi connectivity index (χ2v) is 5.37. The Morgan fingerprint density at radius 3 is 2.62 bits per heavy atom. The van der Waals surface area contributed by atoms with E-state index in [2.05, 4.69) is 10.6 Å². The van der Waals surface area contributed by atoms with Crippen molar-refractivity contribution in [2.45, 2.75) is 33.6 Å². The van der Waals surface area contributed by atoms with Gasteiger partial charge in [0.05, 0.1) is 0 Å². The number of fused-ring (bicyclic) bond motifs is 2. The molecule has 0 aliphatic heterocycles. The van der Waals surface area contributed by atoms with Crippen molar-refractivity contribution in [1.82, 2.24) is 5.43 Å². The Hall–Kier alpha value is -1.46. The zero-order valence-electron chi connectivity index (χ0n) is 9.61. The smallest absolute Gasteiger partial charge is 0.162 e. The molecule has 2 aliphatic carbocycles. The molecule has 0 aromatic heterocycles. The molecule has 1 fully saturated rings. The molecular formula is C10H15N3O3. The Morgan fingerprint density at radius 2 is 2.12 bits per heavy atom. The summed E-state index contributed by atoms with van der Waals surface area (Å²) in [4.78, 5) is 21.4. The van der Waals surface area contributed by atoms with Crippen LogP contribution in [0.1, 0.15) is 33.6 Å². The maximum atomic E-state index is 10.8. The number of nitrogens with one attached hydrogen (secondary N) is 1. The third-order valence-corrected chi connectivity index (χ3v) is 4.67.